The largest absolute Gasteiger partial charge is 0.352 e. The highest BCUT2D eigenvalue weighted by Gasteiger charge is 2.22. The van der Waals surface area contributed by atoms with Crippen LogP contribution in [0.15, 0.2) is 42.7 Å². The lowest BCUT2D eigenvalue weighted by Gasteiger charge is -2.13. The van der Waals surface area contributed by atoms with Crippen molar-refractivity contribution in [3.05, 3.63) is 48.3 Å². The Morgan fingerprint density at radius 3 is 3.05 bits per heavy atom. The van der Waals surface area contributed by atoms with E-state index in [0.717, 1.165) is 30.8 Å². The monoisotopic (exact) mass is 270 g/mol. The minimum atomic E-state index is 0.104. The van der Waals surface area contributed by atoms with Gasteiger partial charge in [0.15, 0.2) is 0 Å². The summed E-state index contributed by atoms with van der Waals surface area (Å²) >= 11 is 0. The third-order valence-corrected chi connectivity index (χ3v) is 3.63. The van der Waals surface area contributed by atoms with E-state index < -0.39 is 0 Å². The number of para-hydroxylation sites is 1. The molecule has 2 heterocycles. The molecule has 1 saturated heterocycles. The number of rotatable bonds is 4. The van der Waals surface area contributed by atoms with E-state index in [0.29, 0.717) is 6.54 Å². The van der Waals surface area contributed by atoms with Crippen LogP contribution in [0.5, 0.6) is 0 Å². The van der Waals surface area contributed by atoms with Gasteiger partial charge in [0.1, 0.15) is 0 Å². The number of hydrogen-bond donors (Lipinski definition) is 2. The van der Waals surface area contributed by atoms with Gasteiger partial charge in [-0.05, 0) is 30.7 Å². The van der Waals surface area contributed by atoms with Crippen LogP contribution in [0.3, 0.4) is 0 Å². The first-order valence-electron chi connectivity index (χ1n) is 6.91. The molecule has 0 aliphatic carbocycles. The Balaban J connectivity index is 1.70. The van der Waals surface area contributed by atoms with Crippen molar-refractivity contribution >= 4 is 5.91 Å². The summed E-state index contributed by atoms with van der Waals surface area (Å²) in [5.41, 5.74) is 2.07. The number of nitrogens with one attached hydrogen (secondary N) is 2. The molecular weight excluding hydrogens is 252 g/mol. The van der Waals surface area contributed by atoms with E-state index in [1.54, 1.807) is 6.20 Å². The highest BCUT2D eigenvalue weighted by Crippen LogP contribution is 2.14. The second-order valence-electron chi connectivity index (χ2n) is 4.99. The van der Waals surface area contributed by atoms with Crippen LogP contribution >= 0.6 is 0 Å². The van der Waals surface area contributed by atoms with Crippen molar-refractivity contribution in [2.45, 2.75) is 13.0 Å². The zero-order valence-electron chi connectivity index (χ0n) is 11.2. The lowest BCUT2D eigenvalue weighted by atomic mass is 10.1. The third kappa shape index (κ3) is 2.72. The second kappa shape index (κ2) is 5.88. The summed E-state index contributed by atoms with van der Waals surface area (Å²) < 4.78 is 1.82. The molecule has 1 aliphatic heterocycles. The van der Waals surface area contributed by atoms with E-state index in [2.05, 4.69) is 15.7 Å². The Kier molecular flexibility index (Phi) is 3.78. The maximum Gasteiger partial charge on any atom is 0.224 e. The predicted molar refractivity (Wildman–Crippen MR) is 76.4 cm³/mol. The Bertz CT molecular complexity index is 573. The summed E-state index contributed by atoms with van der Waals surface area (Å²) in [6.45, 7) is 2.25. The Morgan fingerprint density at radius 1 is 1.40 bits per heavy atom. The van der Waals surface area contributed by atoms with Crippen molar-refractivity contribution in [2.24, 2.45) is 5.92 Å². The smallest absolute Gasteiger partial charge is 0.224 e. The molecule has 0 bridgehead atoms. The van der Waals surface area contributed by atoms with Crippen LogP contribution in [0, 0.1) is 5.92 Å². The molecule has 3 rings (SSSR count). The molecule has 5 heteroatoms. The van der Waals surface area contributed by atoms with Crippen LogP contribution in [0.25, 0.3) is 5.69 Å². The molecule has 1 unspecified atom stereocenters. The first-order valence-corrected chi connectivity index (χ1v) is 6.91. The number of nitrogens with zero attached hydrogens (tertiary/aromatic N) is 2. The topological polar surface area (TPSA) is 59.0 Å². The molecule has 0 radical (unpaired) electrons. The Hall–Kier alpha value is -2.14. The van der Waals surface area contributed by atoms with Gasteiger partial charge in [-0.15, -0.1) is 0 Å². The summed E-state index contributed by atoms with van der Waals surface area (Å²) in [6.07, 6.45) is 4.58. The molecule has 1 amide bonds. The van der Waals surface area contributed by atoms with Crippen molar-refractivity contribution < 1.29 is 4.79 Å². The molecule has 0 saturated carbocycles. The van der Waals surface area contributed by atoms with E-state index in [9.17, 15) is 4.79 Å². The van der Waals surface area contributed by atoms with Crippen LogP contribution in [-0.4, -0.2) is 28.8 Å². The van der Waals surface area contributed by atoms with Crippen LogP contribution in [0.1, 0.15) is 12.0 Å². The summed E-state index contributed by atoms with van der Waals surface area (Å²) in [7, 11) is 0. The maximum absolute atomic E-state index is 12.0. The zero-order chi connectivity index (χ0) is 13.8. The second-order valence-corrected chi connectivity index (χ2v) is 4.99. The first-order chi connectivity index (χ1) is 9.84. The SMILES string of the molecule is O=C(NCc1ccccc1-n1cccn1)C1CCNC1. The van der Waals surface area contributed by atoms with Gasteiger partial charge in [0.2, 0.25) is 5.91 Å². The van der Waals surface area contributed by atoms with Gasteiger partial charge in [-0.3, -0.25) is 4.79 Å². The number of benzene rings is 1. The summed E-state index contributed by atoms with van der Waals surface area (Å²) in [6, 6.07) is 9.87. The number of amides is 1. The first kappa shape index (κ1) is 12.9. The van der Waals surface area contributed by atoms with Crippen molar-refractivity contribution in [1.82, 2.24) is 20.4 Å². The van der Waals surface area contributed by atoms with E-state index in [1.807, 2.05) is 41.2 Å². The van der Waals surface area contributed by atoms with Gasteiger partial charge >= 0.3 is 0 Å². The Morgan fingerprint density at radius 2 is 2.30 bits per heavy atom. The maximum atomic E-state index is 12.0. The van der Waals surface area contributed by atoms with Crippen molar-refractivity contribution in [1.29, 1.82) is 0 Å². The van der Waals surface area contributed by atoms with Gasteiger partial charge < -0.3 is 10.6 Å². The molecule has 1 aliphatic rings. The van der Waals surface area contributed by atoms with Crippen molar-refractivity contribution in [3.63, 3.8) is 0 Å². The van der Waals surface area contributed by atoms with Crippen LogP contribution < -0.4 is 10.6 Å². The third-order valence-electron chi connectivity index (χ3n) is 3.63. The molecule has 2 aromatic rings. The highest BCUT2D eigenvalue weighted by molar-refractivity contribution is 5.79. The molecule has 5 nitrogen and oxygen atoms in total. The summed E-state index contributed by atoms with van der Waals surface area (Å²) in [5, 5.41) is 10.5. The zero-order valence-corrected chi connectivity index (χ0v) is 11.2. The highest BCUT2D eigenvalue weighted by atomic mass is 16.1. The molecule has 1 aromatic heterocycles. The molecule has 2 N–H and O–H groups in total. The van der Waals surface area contributed by atoms with Crippen LogP contribution in [0.4, 0.5) is 0 Å². The molecule has 1 aromatic carbocycles. The minimum Gasteiger partial charge on any atom is -0.352 e. The molecule has 1 fully saturated rings. The van der Waals surface area contributed by atoms with E-state index in [4.69, 9.17) is 0 Å². The fourth-order valence-electron chi connectivity index (χ4n) is 2.50. The lowest BCUT2D eigenvalue weighted by Crippen LogP contribution is -2.31. The molecule has 104 valence electrons. The van der Waals surface area contributed by atoms with Gasteiger partial charge in [-0.25, -0.2) is 4.68 Å². The molecular formula is C15H18N4O. The van der Waals surface area contributed by atoms with Crippen molar-refractivity contribution in [3.8, 4) is 5.69 Å². The summed E-state index contributed by atoms with van der Waals surface area (Å²) in [4.78, 5) is 12.0. The quantitative estimate of drug-likeness (QED) is 0.874. The number of hydrogen-bond acceptors (Lipinski definition) is 3. The average molecular weight is 270 g/mol. The van der Waals surface area contributed by atoms with E-state index in [-0.39, 0.29) is 11.8 Å². The number of carbonyl (C=O) groups is 1. The predicted octanol–water partition coefficient (Wildman–Crippen LogP) is 1.10. The minimum absolute atomic E-state index is 0.104. The van der Waals surface area contributed by atoms with Gasteiger partial charge in [0, 0.05) is 25.5 Å². The van der Waals surface area contributed by atoms with Crippen molar-refractivity contribution in [2.75, 3.05) is 13.1 Å². The normalized spacial score (nSPS) is 18.1. The van der Waals surface area contributed by atoms with E-state index in [1.165, 1.54) is 0 Å². The average Bonchev–Trinajstić information content (AvgIpc) is 3.17. The van der Waals surface area contributed by atoms with Gasteiger partial charge in [0.05, 0.1) is 11.6 Å². The van der Waals surface area contributed by atoms with Gasteiger partial charge in [-0.2, -0.15) is 5.10 Å². The Labute approximate surface area is 118 Å². The van der Waals surface area contributed by atoms with Gasteiger partial charge in [-0.1, -0.05) is 18.2 Å². The summed E-state index contributed by atoms with van der Waals surface area (Å²) in [5.74, 6) is 0.233. The number of carbonyl (C=O) groups excluding carboxylic acids is 1. The molecule has 1 atom stereocenters. The van der Waals surface area contributed by atoms with Crippen LogP contribution in [0.2, 0.25) is 0 Å². The standard InChI is InChI=1S/C15H18N4O/c20-15(13-6-8-16-10-13)17-11-12-4-1-2-5-14(12)19-9-3-7-18-19/h1-5,7,9,13,16H,6,8,10-11H2,(H,17,20). The van der Waals surface area contributed by atoms with E-state index >= 15 is 0 Å². The van der Waals surface area contributed by atoms with Crippen LogP contribution in [-0.2, 0) is 11.3 Å². The lowest BCUT2D eigenvalue weighted by molar-refractivity contribution is -0.124. The fraction of sp³-hybridized carbons (Fsp3) is 0.333. The van der Waals surface area contributed by atoms with Gasteiger partial charge in [0.25, 0.3) is 0 Å². The number of aromatic nitrogens is 2. The molecule has 0 spiro atoms. The molecule has 20 heavy (non-hydrogen) atoms. The fourth-order valence-corrected chi connectivity index (χ4v) is 2.50.